The van der Waals surface area contributed by atoms with Gasteiger partial charge in [-0.25, -0.2) is 0 Å². The first kappa shape index (κ1) is 16.9. The number of rotatable bonds is 4. The van der Waals surface area contributed by atoms with E-state index in [1.54, 1.807) is 11.8 Å². The number of piperidine rings is 3. The molecule has 3 fully saturated rings. The standard InChI is InChI=1S/C20H25N3OS/c1-20(9-2-10-21-14-20)25-17-5-3-16(4-6-17)19(24)22-18-13-23-11-7-15(18)8-12-23/h2-6,9-10,15,18H,7-8,11-14H2,1H3,(H,22,24)/t18-,20?/m0/s1. The molecule has 0 saturated carbocycles. The quantitative estimate of drug-likeness (QED) is 0.903. The van der Waals surface area contributed by atoms with Gasteiger partial charge in [0.15, 0.2) is 0 Å². The van der Waals surface area contributed by atoms with Gasteiger partial charge in [0.25, 0.3) is 5.91 Å². The molecule has 132 valence electrons. The fourth-order valence-electron chi connectivity index (χ4n) is 3.98. The van der Waals surface area contributed by atoms with Gasteiger partial charge in [0.05, 0.1) is 11.3 Å². The molecule has 0 spiro atoms. The zero-order chi connectivity index (χ0) is 17.3. The molecule has 4 aliphatic rings. The molecule has 5 heteroatoms. The second kappa shape index (κ2) is 6.96. The van der Waals surface area contributed by atoms with E-state index in [2.05, 4.69) is 28.2 Å². The Morgan fingerprint density at radius 2 is 2.04 bits per heavy atom. The number of amides is 1. The molecule has 0 radical (unpaired) electrons. The van der Waals surface area contributed by atoms with Crippen molar-refractivity contribution < 1.29 is 4.79 Å². The topological polar surface area (TPSA) is 44.7 Å². The largest absolute Gasteiger partial charge is 0.348 e. The Balaban J connectivity index is 1.37. The molecule has 0 aliphatic carbocycles. The molecule has 1 N–H and O–H groups in total. The normalized spacial score (nSPS) is 33.4. The Morgan fingerprint density at radius 1 is 1.28 bits per heavy atom. The number of fused-ring (bicyclic) bond motifs is 3. The number of dihydropyridines is 1. The number of hydrogen-bond acceptors (Lipinski definition) is 4. The summed E-state index contributed by atoms with van der Waals surface area (Å²) in [6.45, 7) is 6.38. The highest BCUT2D eigenvalue weighted by molar-refractivity contribution is 8.00. The van der Waals surface area contributed by atoms with Gasteiger partial charge in [0, 0.05) is 29.3 Å². The van der Waals surface area contributed by atoms with E-state index >= 15 is 0 Å². The van der Waals surface area contributed by atoms with Crippen LogP contribution in [0.25, 0.3) is 0 Å². The fourth-order valence-corrected chi connectivity index (χ4v) is 5.08. The molecule has 4 nitrogen and oxygen atoms in total. The van der Waals surface area contributed by atoms with Gasteiger partial charge in [-0.3, -0.25) is 9.79 Å². The van der Waals surface area contributed by atoms with Crippen LogP contribution in [0, 0.1) is 5.92 Å². The van der Waals surface area contributed by atoms with Gasteiger partial charge in [-0.1, -0.05) is 6.08 Å². The van der Waals surface area contributed by atoms with E-state index in [9.17, 15) is 4.79 Å². The molecule has 2 bridgehead atoms. The monoisotopic (exact) mass is 355 g/mol. The van der Waals surface area contributed by atoms with Crippen LogP contribution in [0.4, 0.5) is 0 Å². The van der Waals surface area contributed by atoms with Gasteiger partial charge in [-0.15, -0.1) is 11.8 Å². The maximum absolute atomic E-state index is 12.6. The van der Waals surface area contributed by atoms with E-state index in [0.717, 1.165) is 18.7 Å². The van der Waals surface area contributed by atoms with Crippen molar-refractivity contribution >= 4 is 23.9 Å². The van der Waals surface area contributed by atoms with Crippen molar-refractivity contribution in [2.75, 3.05) is 26.2 Å². The van der Waals surface area contributed by atoms with Crippen molar-refractivity contribution in [2.45, 2.75) is 35.4 Å². The maximum Gasteiger partial charge on any atom is 0.251 e. The summed E-state index contributed by atoms with van der Waals surface area (Å²) >= 11 is 1.79. The molecule has 1 amide bonds. The molecule has 4 aliphatic heterocycles. The summed E-state index contributed by atoms with van der Waals surface area (Å²) in [6, 6.07) is 8.30. The Bertz CT molecular complexity index is 691. The van der Waals surface area contributed by atoms with Gasteiger partial charge in [-0.2, -0.15) is 0 Å². The van der Waals surface area contributed by atoms with Crippen LogP contribution in [0.2, 0.25) is 0 Å². The predicted molar refractivity (Wildman–Crippen MR) is 104 cm³/mol. The number of hydrogen-bond donors (Lipinski definition) is 1. The van der Waals surface area contributed by atoms with Crippen LogP contribution in [-0.4, -0.2) is 54.0 Å². The molecule has 2 atom stereocenters. The molecule has 25 heavy (non-hydrogen) atoms. The predicted octanol–water partition coefficient (Wildman–Crippen LogP) is 3.00. The van der Waals surface area contributed by atoms with Crippen LogP contribution in [-0.2, 0) is 0 Å². The first-order chi connectivity index (χ1) is 12.1. The maximum atomic E-state index is 12.6. The highest BCUT2D eigenvalue weighted by atomic mass is 32.2. The zero-order valence-electron chi connectivity index (χ0n) is 14.6. The summed E-state index contributed by atoms with van der Waals surface area (Å²) in [7, 11) is 0. The summed E-state index contributed by atoms with van der Waals surface area (Å²) in [4.78, 5) is 20.6. The van der Waals surface area contributed by atoms with Crippen LogP contribution in [0.5, 0.6) is 0 Å². The van der Waals surface area contributed by atoms with Gasteiger partial charge >= 0.3 is 0 Å². The number of thioether (sulfide) groups is 1. The van der Waals surface area contributed by atoms with Crippen molar-refractivity contribution in [3.05, 3.63) is 42.0 Å². The van der Waals surface area contributed by atoms with Crippen molar-refractivity contribution in [1.29, 1.82) is 0 Å². The molecule has 1 unspecified atom stereocenters. The Morgan fingerprint density at radius 3 is 2.64 bits per heavy atom. The van der Waals surface area contributed by atoms with E-state index in [4.69, 9.17) is 0 Å². The summed E-state index contributed by atoms with van der Waals surface area (Å²) in [5.41, 5.74) is 0.753. The van der Waals surface area contributed by atoms with Gasteiger partial charge in [-0.05, 0) is 69.1 Å². The third-order valence-corrected chi connectivity index (χ3v) is 6.73. The average Bonchev–Trinajstić information content (AvgIpc) is 2.63. The van der Waals surface area contributed by atoms with E-state index in [0.29, 0.717) is 12.0 Å². The SMILES string of the molecule is CC1(Sc2ccc(C(=O)N[C@H]3CN4CCC3CC4)cc2)C=CC=NC1. The molecule has 1 aromatic rings. The number of nitrogens with one attached hydrogen (secondary N) is 1. The Hall–Kier alpha value is -1.59. The van der Waals surface area contributed by atoms with Crippen molar-refractivity contribution in [2.24, 2.45) is 10.9 Å². The van der Waals surface area contributed by atoms with Crippen LogP contribution in [0.15, 0.2) is 46.3 Å². The molecular weight excluding hydrogens is 330 g/mol. The first-order valence-corrected chi connectivity index (χ1v) is 9.93. The second-order valence-corrected chi connectivity index (χ2v) is 9.11. The lowest BCUT2D eigenvalue weighted by atomic mass is 9.84. The number of benzene rings is 1. The van der Waals surface area contributed by atoms with E-state index < -0.39 is 0 Å². The Labute approximate surface area is 153 Å². The minimum absolute atomic E-state index is 0.00565. The highest BCUT2D eigenvalue weighted by Crippen LogP contribution is 2.35. The third-order valence-electron chi connectivity index (χ3n) is 5.49. The Kier molecular flexibility index (Phi) is 4.69. The fraction of sp³-hybridized carbons (Fsp3) is 0.500. The van der Waals surface area contributed by atoms with Crippen molar-refractivity contribution in [3.8, 4) is 0 Å². The lowest BCUT2D eigenvalue weighted by Gasteiger charge is -2.44. The van der Waals surface area contributed by atoms with Crippen molar-refractivity contribution in [3.63, 3.8) is 0 Å². The van der Waals surface area contributed by atoms with Crippen LogP contribution in [0.1, 0.15) is 30.1 Å². The van der Waals surface area contributed by atoms with E-state index in [-0.39, 0.29) is 10.7 Å². The lowest BCUT2D eigenvalue weighted by Crippen LogP contribution is -2.57. The third kappa shape index (κ3) is 3.82. The summed E-state index contributed by atoms with van der Waals surface area (Å²) < 4.78 is -0.00565. The number of aliphatic imine (C=N–C) groups is 1. The van der Waals surface area contributed by atoms with E-state index in [1.807, 2.05) is 36.6 Å². The number of nitrogens with zero attached hydrogens (tertiary/aromatic N) is 2. The molecule has 0 aromatic heterocycles. The molecular formula is C20H25N3OS. The zero-order valence-corrected chi connectivity index (χ0v) is 15.5. The van der Waals surface area contributed by atoms with Crippen LogP contribution < -0.4 is 5.32 Å². The van der Waals surface area contributed by atoms with Crippen LogP contribution in [0.3, 0.4) is 0 Å². The van der Waals surface area contributed by atoms with Gasteiger partial charge in [0.1, 0.15) is 0 Å². The molecule has 3 saturated heterocycles. The highest BCUT2D eigenvalue weighted by Gasteiger charge is 2.35. The minimum atomic E-state index is -0.00565. The van der Waals surface area contributed by atoms with Gasteiger partial charge in [0.2, 0.25) is 0 Å². The second-order valence-electron chi connectivity index (χ2n) is 7.51. The molecule has 5 rings (SSSR count). The number of carbonyl (C=O) groups excluding carboxylic acids is 1. The van der Waals surface area contributed by atoms with Crippen LogP contribution >= 0.6 is 11.8 Å². The van der Waals surface area contributed by atoms with E-state index in [1.165, 1.54) is 30.8 Å². The number of carbonyl (C=O) groups is 1. The summed E-state index contributed by atoms with van der Waals surface area (Å²) in [5, 5.41) is 3.26. The smallest absolute Gasteiger partial charge is 0.251 e. The lowest BCUT2D eigenvalue weighted by molar-refractivity contribution is 0.0620. The van der Waals surface area contributed by atoms with Crippen molar-refractivity contribution in [1.82, 2.24) is 10.2 Å². The average molecular weight is 356 g/mol. The molecule has 4 heterocycles. The van der Waals surface area contributed by atoms with Gasteiger partial charge < -0.3 is 10.2 Å². The number of allylic oxidation sites excluding steroid dienone is 1. The minimum Gasteiger partial charge on any atom is -0.348 e. The summed E-state index contributed by atoms with van der Waals surface area (Å²) in [6.07, 6.45) is 8.49. The first-order valence-electron chi connectivity index (χ1n) is 9.11. The molecule has 1 aromatic carbocycles. The summed E-state index contributed by atoms with van der Waals surface area (Å²) in [5.74, 6) is 0.714.